The third kappa shape index (κ3) is 33.9. The molecule has 0 spiro atoms. The van der Waals surface area contributed by atoms with Gasteiger partial charge in [0.05, 0.1) is 39.1 Å². The molecule has 406 valence electrons. The van der Waals surface area contributed by atoms with Gasteiger partial charge >= 0.3 is 19.8 Å². The van der Waals surface area contributed by atoms with Gasteiger partial charge in [-0.3, -0.25) is 18.6 Å². The molecule has 0 bridgehead atoms. The summed E-state index contributed by atoms with van der Waals surface area (Å²) in [6.07, 6.45) is 31.2. The average molecular weight is 1020 g/mol. The quantitative estimate of drug-likeness (QED) is 0.0224. The molecular weight excluding hydrogens is 914 g/mol. The number of anilines is 2. The van der Waals surface area contributed by atoms with Crippen molar-refractivity contribution in [2.45, 2.75) is 212 Å². The summed E-state index contributed by atoms with van der Waals surface area (Å²) in [5.41, 5.74) is 4.01. The van der Waals surface area contributed by atoms with E-state index in [4.69, 9.17) is 18.5 Å². The Morgan fingerprint density at radius 1 is 0.563 bits per heavy atom. The van der Waals surface area contributed by atoms with Crippen molar-refractivity contribution in [3.05, 3.63) is 48.5 Å². The Kier molecular flexibility index (Phi) is 35.2. The summed E-state index contributed by atoms with van der Waals surface area (Å²) >= 11 is 0. The molecule has 0 heterocycles. The lowest BCUT2D eigenvalue weighted by Gasteiger charge is -2.30. The maximum atomic E-state index is 12.9. The van der Waals surface area contributed by atoms with E-state index in [9.17, 15) is 19.0 Å². The van der Waals surface area contributed by atoms with Crippen LogP contribution >= 0.6 is 7.82 Å². The van der Waals surface area contributed by atoms with Crippen LogP contribution in [0.25, 0.3) is 0 Å². The first-order chi connectivity index (χ1) is 34.1. The topological polar surface area (TPSA) is 140 Å². The number of phosphoric acid groups is 1. The van der Waals surface area contributed by atoms with E-state index in [2.05, 4.69) is 65.2 Å². The van der Waals surface area contributed by atoms with Crippen LogP contribution in [0.15, 0.2) is 58.8 Å². The highest BCUT2D eigenvalue weighted by atomic mass is 31.2. The van der Waals surface area contributed by atoms with E-state index in [1.165, 1.54) is 134 Å². The largest absolute Gasteiger partial charge is 0.472 e. The molecule has 13 nitrogen and oxygen atoms in total. The van der Waals surface area contributed by atoms with Crippen LogP contribution < -0.4 is 9.80 Å². The number of esters is 2. The van der Waals surface area contributed by atoms with Crippen molar-refractivity contribution in [3.63, 3.8) is 0 Å². The number of hydrogen-bond donors (Lipinski definition) is 1. The van der Waals surface area contributed by atoms with Crippen LogP contribution in [0.1, 0.15) is 200 Å². The summed E-state index contributed by atoms with van der Waals surface area (Å²) < 4.78 is 34.7. The molecule has 2 aromatic rings. The van der Waals surface area contributed by atoms with Gasteiger partial charge < -0.3 is 28.6 Å². The smallest absolute Gasteiger partial charge is 0.462 e. The first kappa shape index (κ1) is 63.8. The molecule has 2 aromatic carbocycles. The van der Waals surface area contributed by atoms with E-state index in [-0.39, 0.29) is 32.0 Å². The standard InChI is InChI=1S/C57H100N5O8P/c1-9-11-13-15-16-17-18-19-20-21-25-28-32-36-56(63)67-48-55(49-69-71(65,66)68-47-46-62(6,7)8)70-57(64)37-33-29-26-23-22-24-27-31-35-53(34-30-14-12-10-2)61(5)54-44-40-51(41-45-54)59-58-50-38-42-52(43-39-50)60(3)4/h38-45,53,55H,9-37,46-49H2,1-8H3/p+1/t53?,55-/m1/s1. The van der Waals surface area contributed by atoms with E-state index >= 15 is 0 Å². The van der Waals surface area contributed by atoms with Crippen molar-refractivity contribution in [2.75, 3.05) is 78.5 Å². The minimum absolute atomic E-state index is 0.0212. The molecule has 0 aliphatic carbocycles. The van der Waals surface area contributed by atoms with Gasteiger partial charge in [0.15, 0.2) is 6.10 Å². The first-order valence-electron chi connectivity index (χ1n) is 27.9. The van der Waals surface area contributed by atoms with Gasteiger partial charge in [-0.15, -0.1) is 0 Å². The number of carbonyl (C=O) groups excluding carboxylic acids is 2. The number of ether oxygens (including phenoxy) is 2. The number of unbranched alkanes of at least 4 members (excludes halogenated alkanes) is 22. The Morgan fingerprint density at radius 3 is 1.42 bits per heavy atom. The summed E-state index contributed by atoms with van der Waals surface area (Å²) in [5.74, 6) is -0.818. The average Bonchev–Trinajstić information content (AvgIpc) is 3.34. The van der Waals surface area contributed by atoms with Crippen LogP contribution in [0.4, 0.5) is 22.7 Å². The van der Waals surface area contributed by atoms with Crippen LogP contribution in [-0.4, -0.2) is 102 Å². The maximum Gasteiger partial charge on any atom is 0.472 e. The second-order valence-electron chi connectivity index (χ2n) is 21.0. The zero-order valence-corrected chi connectivity index (χ0v) is 47.0. The van der Waals surface area contributed by atoms with Gasteiger partial charge in [-0.25, -0.2) is 4.57 Å². The molecule has 71 heavy (non-hydrogen) atoms. The lowest BCUT2D eigenvalue weighted by Crippen LogP contribution is -2.37. The third-order valence-electron chi connectivity index (χ3n) is 13.2. The molecule has 3 atom stereocenters. The number of hydrogen-bond acceptors (Lipinski definition) is 11. The highest BCUT2D eigenvalue weighted by Gasteiger charge is 2.27. The molecule has 0 aliphatic heterocycles. The van der Waals surface area contributed by atoms with Crippen LogP contribution in [0.2, 0.25) is 0 Å². The van der Waals surface area contributed by atoms with Crippen molar-refractivity contribution in [1.82, 2.24) is 0 Å². The minimum Gasteiger partial charge on any atom is -0.462 e. The second-order valence-corrected chi connectivity index (χ2v) is 22.5. The fourth-order valence-corrected chi connectivity index (χ4v) is 9.24. The van der Waals surface area contributed by atoms with Gasteiger partial charge in [0.2, 0.25) is 0 Å². The molecule has 14 heteroatoms. The fourth-order valence-electron chi connectivity index (χ4n) is 8.50. The number of carbonyl (C=O) groups is 2. The number of quaternary nitrogens is 1. The van der Waals surface area contributed by atoms with E-state index in [1.54, 1.807) is 0 Å². The van der Waals surface area contributed by atoms with Gasteiger partial charge in [-0.05, 0) is 74.2 Å². The lowest BCUT2D eigenvalue weighted by atomic mass is 9.98. The molecule has 0 saturated heterocycles. The zero-order chi connectivity index (χ0) is 52.0. The van der Waals surface area contributed by atoms with Crippen molar-refractivity contribution in [2.24, 2.45) is 10.2 Å². The number of likely N-dealkylation sites (N-methyl/N-ethyl adjacent to an activating group) is 1. The van der Waals surface area contributed by atoms with Crippen LogP contribution in [0.3, 0.4) is 0 Å². The Hall–Kier alpha value is -3.35. The second kappa shape index (κ2) is 39.2. The van der Waals surface area contributed by atoms with Crippen molar-refractivity contribution in [1.29, 1.82) is 0 Å². The van der Waals surface area contributed by atoms with Crippen molar-refractivity contribution < 1.29 is 42.1 Å². The van der Waals surface area contributed by atoms with Crippen molar-refractivity contribution in [3.8, 4) is 0 Å². The summed E-state index contributed by atoms with van der Waals surface area (Å²) in [5, 5.41) is 8.92. The first-order valence-corrected chi connectivity index (χ1v) is 29.4. The number of rotatable bonds is 45. The molecule has 0 fully saturated rings. The summed E-state index contributed by atoms with van der Waals surface area (Å²) in [4.78, 5) is 40.4. The van der Waals surface area contributed by atoms with Crippen LogP contribution in [0.5, 0.6) is 0 Å². The van der Waals surface area contributed by atoms with E-state index in [0.29, 0.717) is 23.5 Å². The summed E-state index contributed by atoms with van der Waals surface area (Å²) in [7, 11) is 7.72. The Labute approximate surface area is 432 Å². The van der Waals surface area contributed by atoms with Gasteiger partial charge in [0.1, 0.15) is 19.8 Å². The van der Waals surface area contributed by atoms with Gasteiger partial charge in [0, 0.05) is 51.4 Å². The molecule has 2 unspecified atom stereocenters. The number of azo groups is 1. The Balaban J connectivity index is 1.72. The molecule has 1 N–H and O–H groups in total. The summed E-state index contributed by atoms with van der Waals surface area (Å²) in [6, 6.07) is 17.0. The predicted molar refractivity (Wildman–Crippen MR) is 294 cm³/mol. The maximum absolute atomic E-state index is 12.9. The number of benzene rings is 2. The van der Waals surface area contributed by atoms with E-state index < -0.39 is 26.5 Å². The molecule has 0 aromatic heterocycles. The Bertz CT molecular complexity index is 1720. The van der Waals surface area contributed by atoms with Crippen LogP contribution in [0, 0.1) is 0 Å². The minimum atomic E-state index is -4.41. The van der Waals surface area contributed by atoms with E-state index in [0.717, 1.165) is 55.6 Å². The molecular formula is C57H101N5O8P+. The van der Waals surface area contributed by atoms with E-state index in [1.807, 2.05) is 59.5 Å². The molecule has 2 rings (SSSR count). The zero-order valence-electron chi connectivity index (χ0n) is 46.1. The molecule has 0 aliphatic rings. The normalized spacial score (nSPS) is 13.5. The monoisotopic (exact) mass is 1010 g/mol. The summed E-state index contributed by atoms with van der Waals surface area (Å²) in [6.45, 7) is 4.38. The highest BCUT2D eigenvalue weighted by Crippen LogP contribution is 2.43. The van der Waals surface area contributed by atoms with Crippen LogP contribution in [-0.2, 0) is 32.7 Å². The SMILES string of the molecule is CCCCCCCCCCCCCCCC(=O)OC[C@H](COP(=O)(O)OCC[N+](C)(C)C)OC(=O)CCCCCCCCCCC(CCCCCC)N(C)c1ccc(N=Nc2ccc(N(C)C)cc2)cc1. The lowest BCUT2D eigenvalue weighted by molar-refractivity contribution is -0.870. The van der Waals surface area contributed by atoms with Gasteiger partial charge in [-0.2, -0.15) is 10.2 Å². The van der Waals surface area contributed by atoms with Crippen molar-refractivity contribution >= 4 is 42.5 Å². The predicted octanol–water partition coefficient (Wildman–Crippen LogP) is 15.6. The highest BCUT2D eigenvalue weighted by molar-refractivity contribution is 7.47. The molecule has 0 saturated carbocycles. The fraction of sp³-hybridized carbons (Fsp3) is 0.754. The Morgan fingerprint density at radius 2 is 0.972 bits per heavy atom. The number of phosphoric ester groups is 1. The van der Waals surface area contributed by atoms with Gasteiger partial charge in [0.25, 0.3) is 0 Å². The molecule has 0 amide bonds. The molecule has 0 radical (unpaired) electrons. The van der Waals surface area contributed by atoms with Gasteiger partial charge in [-0.1, -0.05) is 162 Å². The number of nitrogens with zero attached hydrogens (tertiary/aromatic N) is 5. The third-order valence-corrected chi connectivity index (χ3v) is 14.1.